The normalized spacial score (nSPS) is 11.0. The van der Waals surface area contributed by atoms with Crippen LogP contribution in [0.2, 0.25) is 5.02 Å². The van der Waals surface area contributed by atoms with Gasteiger partial charge in [-0.2, -0.15) is 5.10 Å². The molecule has 1 N–H and O–H groups in total. The van der Waals surface area contributed by atoms with Crippen LogP contribution in [0.15, 0.2) is 53.3 Å². The van der Waals surface area contributed by atoms with Crippen LogP contribution in [0.1, 0.15) is 5.69 Å². The minimum absolute atomic E-state index is 0.0572. The average molecular weight is 412 g/mol. The van der Waals surface area contributed by atoms with Crippen molar-refractivity contribution in [2.45, 2.75) is 13.5 Å². The van der Waals surface area contributed by atoms with Crippen molar-refractivity contribution >= 4 is 39.9 Å². The number of hydrogen-bond acceptors (Lipinski definition) is 6. The summed E-state index contributed by atoms with van der Waals surface area (Å²) in [5.41, 5.74) is 1.78. The Bertz CT molecular complexity index is 1230. The fourth-order valence-electron chi connectivity index (χ4n) is 3.12. The van der Waals surface area contributed by atoms with Crippen LogP contribution in [0.4, 0.5) is 11.4 Å². The van der Waals surface area contributed by atoms with Gasteiger partial charge >= 0.3 is 0 Å². The summed E-state index contributed by atoms with van der Waals surface area (Å²) in [5, 5.41) is 19.1. The first-order valence-corrected chi connectivity index (χ1v) is 8.91. The highest BCUT2D eigenvalue weighted by molar-refractivity contribution is 6.31. The number of furan rings is 1. The summed E-state index contributed by atoms with van der Waals surface area (Å²) < 4.78 is 6.93. The summed E-state index contributed by atoms with van der Waals surface area (Å²) in [6.07, 6.45) is 3.19. The van der Waals surface area contributed by atoms with E-state index in [1.54, 1.807) is 18.5 Å². The number of hydrogen-bond donors (Lipinski definition) is 1. The maximum absolute atomic E-state index is 12.5. The first-order valence-electron chi connectivity index (χ1n) is 8.54. The Hall–Kier alpha value is -3.72. The van der Waals surface area contributed by atoms with Gasteiger partial charge in [0.2, 0.25) is 5.91 Å². The van der Waals surface area contributed by atoms with Gasteiger partial charge in [0.15, 0.2) is 5.65 Å². The van der Waals surface area contributed by atoms with Crippen LogP contribution in [-0.4, -0.2) is 25.6 Å². The number of aromatic nitrogens is 3. The summed E-state index contributed by atoms with van der Waals surface area (Å²) in [6, 6.07) is 9.47. The Labute approximate surface area is 169 Å². The van der Waals surface area contributed by atoms with Crippen molar-refractivity contribution in [2.24, 2.45) is 0 Å². The van der Waals surface area contributed by atoms with E-state index in [9.17, 15) is 14.9 Å². The molecule has 3 aromatic heterocycles. The van der Waals surface area contributed by atoms with Gasteiger partial charge in [-0.3, -0.25) is 14.9 Å². The summed E-state index contributed by atoms with van der Waals surface area (Å²) in [5.74, 6) is 0.186. The fraction of sp³-hybridized carbons (Fsp3) is 0.105. The third kappa shape index (κ3) is 3.55. The molecule has 0 spiro atoms. The van der Waals surface area contributed by atoms with E-state index in [0.717, 1.165) is 10.9 Å². The van der Waals surface area contributed by atoms with Crippen molar-refractivity contribution < 1.29 is 14.1 Å². The van der Waals surface area contributed by atoms with E-state index >= 15 is 0 Å². The zero-order valence-electron chi connectivity index (χ0n) is 15.1. The molecular formula is C19H14ClN5O4. The maximum Gasteiger partial charge on any atom is 0.294 e. The lowest BCUT2D eigenvalue weighted by molar-refractivity contribution is -0.383. The number of benzene rings is 1. The molecule has 4 aromatic rings. The second-order valence-electron chi connectivity index (χ2n) is 6.24. The first kappa shape index (κ1) is 18.6. The lowest BCUT2D eigenvalue weighted by atomic mass is 10.1. The first-order chi connectivity index (χ1) is 13.9. The highest BCUT2D eigenvalue weighted by Gasteiger charge is 2.19. The molecule has 0 radical (unpaired) electrons. The molecule has 0 unspecified atom stereocenters. The molecule has 29 heavy (non-hydrogen) atoms. The van der Waals surface area contributed by atoms with Gasteiger partial charge in [-0.25, -0.2) is 9.67 Å². The number of halogens is 1. The van der Waals surface area contributed by atoms with E-state index in [2.05, 4.69) is 15.4 Å². The van der Waals surface area contributed by atoms with Crippen LogP contribution in [0, 0.1) is 17.0 Å². The quantitative estimate of drug-likeness (QED) is 0.388. The molecule has 0 saturated carbocycles. The predicted octanol–water partition coefficient (Wildman–Crippen LogP) is 4.20. The van der Waals surface area contributed by atoms with Crippen molar-refractivity contribution in [2.75, 3.05) is 5.32 Å². The van der Waals surface area contributed by atoms with Crippen molar-refractivity contribution in [3.63, 3.8) is 0 Å². The van der Waals surface area contributed by atoms with Gasteiger partial charge in [0.1, 0.15) is 18.0 Å². The van der Waals surface area contributed by atoms with Crippen LogP contribution in [0.3, 0.4) is 0 Å². The van der Waals surface area contributed by atoms with E-state index in [1.807, 2.05) is 19.1 Å². The molecule has 3 heterocycles. The van der Waals surface area contributed by atoms with Crippen LogP contribution in [0.25, 0.3) is 22.4 Å². The fourth-order valence-corrected chi connectivity index (χ4v) is 3.28. The van der Waals surface area contributed by atoms with E-state index in [-0.39, 0.29) is 22.9 Å². The minimum atomic E-state index is -0.605. The maximum atomic E-state index is 12.5. The molecule has 0 saturated heterocycles. The number of nitro groups is 1. The Morgan fingerprint density at radius 1 is 1.34 bits per heavy atom. The Morgan fingerprint density at radius 2 is 2.17 bits per heavy atom. The lowest BCUT2D eigenvalue weighted by Gasteiger charge is -2.07. The number of carbonyl (C=O) groups is 1. The monoisotopic (exact) mass is 411 g/mol. The summed E-state index contributed by atoms with van der Waals surface area (Å²) in [4.78, 5) is 27.5. The number of amides is 1. The van der Waals surface area contributed by atoms with Crippen molar-refractivity contribution in [1.29, 1.82) is 0 Å². The van der Waals surface area contributed by atoms with Crippen LogP contribution in [-0.2, 0) is 11.3 Å². The number of nitrogens with zero attached hydrogens (tertiary/aromatic N) is 4. The zero-order valence-corrected chi connectivity index (χ0v) is 15.9. The predicted molar refractivity (Wildman–Crippen MR) is 107 cm³/mol. The Morgan fingerprint density at radius 3 is 2.90 bits per heavy atom. The lowest BCUT2D eigenvalue weighted by Crippen LogP contribution is -2.20. The zero-order chi connectivity index (χ0) is 20.5. The van der Waals surface area contributed by atoms with Gasteiger partial charge in [-0.15, -0.1) is 0 Å². The van der Waals surface area contributed by atoms with E-state index in [1.165, 1.54) is 22.9 Å². The number of aryl methyl sites for hydroxylation is 1. The van der Waals surface area contributed by atoms with Gasteiger partial charge in [0.05, 0.1) is 22.3 Å². The number of rotatable bonds is 5. The summed E-state index contributed by atoms with van der Waals surface area (Å²) >= 11 is 5.81. The Kier molecular flexibility index (Phi) is 4.73. The third-order valence-corrected chi connectivity index (χ3v) is 4.55. The van der Waals surface area contributed by atoms with Gasteiger partial charge in [0, 0.05) is 22.8 Å². The molecule has 0 atom stereocenters. The van der Waals surface area contributed by atoms with Crippen LogP contribution >= 0.6 is 11.6 Å². The van der Waals surface area contributed by atoms with E-state index < -0.39 is 10.8 Å². The minimum Gasteiger partial charge on any atom is -0.464 e. The Balaban J connectivity index is 1.65. The number of carbonyl (C=O) groups excluding carboxylic acids is 1. The summed E-state index contributed by atoms with van der Waals surface area (Å²) in [7, 11) is 0. The molecule has 4 rings (SSSR count). The largest absolute Gasteiger partial charge is 0.464 e. The molecule has 1 aromatic carbocycles. The smallest absolute Gasteiger partial charge is 0.294 e. The highest BCUT2D eigenvalue weighted by atomic mass is 35.5. The molecule has 0 aliphatic rings. The number of nitro benzene ring substituents is 1. The third-order valence-electron chi connectivity index (χ3n) is 4.32. The molecule has 0 aliphatic carbocycles. The van der Waals surface area contributed by atoms with Crippen LogP contribution in [0.5, 0.6) is 0 Å². The van der Waals surface area contributed by atoms with E-state index in [0.29, 0.717) is 17.1 Å². The van der Waals surface area contributed by atoms with Crippen molar-refractivity contribution in [3.05, 3.63) is 69.7 Å². The number of fused-ring (bicyclic) bond motifs is 1. The van der Waals surface area contributed by atoms with Crippen molar-refractivity contribution in [3.8, 4) is 11.3 Å². The number of anilines is 1. The second kappa shape index (κ2) is 7.36. The standard InChI is InChI=1S/C19H14ClN5O4/c1-11-18-13(16-3-2-8-29-16)6-7-21-19(18)24(23-11)10-17(26)22-14-5-4-12(20)9-15(14)25(27)28/h2-9H,10H2,1H3,(H,22,26). The molecule has 146 valence electrons. The van der Waals surface area contributed by atoms with Crippen LogP contribution < -0.4 is 5.32 Å². The molecule has 1 amide bonds. The molecule has 0 bridgehead atoms. The highest BCUT2D eigenvalue weighted by Crippen LogP contribution is 2.30. The van der Waals surface area contributed by atoms with Gasteiger partial charge in [0.25, 0.3) is 5.69 Å². The van der Waals surface area contributed by atoms with Gasteiger partial charge < -0.3 is 9.73 Å². The van der Waals surface area contributed by atoms with Gasteiger partial charge in [-0.05, 0) is 37.3 Å². The SMILES string of the molecule is Cc1nn(CC(=O)Nc2ccc(Cl)cc2[N+](=O)[O-])c2nccc(-c3ccco3)c12. The molecule has 10 heteroatoms. The number of nitrogens with one attached hydrogen (secondary N) is 1. The molecule has 0 aliphatic heterocycles. The second-order valence-corrected chi connectivity index (χ2v) is 6.68. The average Bonchev–Trinajstić information content (AvgIpc) is 3.32. The van der Waals surface area contributed by atoms with Crippen molar-refractivity contribution in [1.82, 2.24) is 14.8 Å². The number of pyridine rings is 1. The molecular weight excluding hydrogens is 398 g/mol. The van der Waals surface area contributed by atoms with Gasteiger partial charge in [-0.1, -0.05) is 11.6 Å². The summed E-state index contributed by atoms with van der Waals surface area (Å²) in [6.45, 7) is 1.65. The topological polar surface area (TPSA) is 116 Å². The molecule has 0 fully saturated rings. The van der Waals surface area contributed by atoms with E-state index in [4.69, 9.17) is 16.0 Å². The molecule has 9 nitrogen and oxygen atoms in total.